The predicted molar refractivity (Wildman–Crippen MR) is 89.9 cm³/mol. The van der Waals surface area contributed by atoms with Crippen LogP contribution in [0.4, 0.5) is 0 Å². The van der Waals surface area contributed by atoms with Crippen molar-refractivity contribution in [2.45, 2.75) is 65.2 Å². The molecule has 0 aromatic heterocycles. The van der Waals surface area contributed by atoms with Crippen LogP contribution in [-0.2, 0) is 0 Å². The van der Waals surface area contributed by atoms with E-state index in [9.17, 15) is 0 Å². The summed E-state index contributed by atoms with van der Waals surface area (Å²) in [5.74, 6) is 0. The van der Waals surface area contributed by atoms with Gasteiger partial charge in [0, 0.05) is 0 Å². The molecule has 1 saturated heterocycles. The maximum atomic E-state index is 2.40. The minimum atomic E-state index is 0. The summed E-state index contributed by atoms with van der Waals surface area (Å²) < 4.78 is 2.68. The van der Waals surface area contributed by atoms with Crippen LogP contribution in [0.2, 0.25) is 0 Å². The van der Waals surface area contributed by atoms with Crippen molar-refractivity contribution in [1.82, 2.24) is 0 Å². The lowest BCUT2D eigenvalue weighted by Gasteiger charge is -2.47. The first kappa shape index (κ1) is 24.7. The molecule has 0 aliphatic carbocycles. The van der Waals surface area contributed by atoms with Crippen LogP contribution in [-0.4, -0.2) is 62.3 Å². The number of nitrogens with zero attached hydrogens (tertiary/aromatic N) is 2. The Hall–Kier alpha value is 0.500. The average molecular weight is 355 g/mol. The summed E-state index contributed by atoms with van der Waals surface area (Å²) in [5.41, 5.74) is 0. The Labute approximate surface area is 152 Å². The van der Waals surface area contributed by atoms with E-state index in [1.807, 2.05) is 0 Å². The van der Waals surface area contributed by atoms with Crippen LogP contribution in [0.5, 0.6) is 0 Å². The maximum Gasteiger partial charge on any atom is 0.129 e. The summed E-state index contributed by atoms with van der Waals surface area (Å²) in [7, 11) is 4.81. The molecule has 0 aromatic rings. The van der Waals surface area contributed by atoms with Crippen molar-refractivity contribution in [1.29, 1.82) is 0 Å². The van der Waals surface area contributed by atoms with Crippen molar-refractivity contribution in [3.05, 3.63) is 0 Å². The van der Waals surface area contributed by atoms with Gasteiger partial charge in [0.05, 0.1) is 27.2 Å². The van der Waals surface area contributed by atoms with Gasteiger partial charge in [-0.15, -0.1) is 0 Å². The van der Waals surface area contributed by atoms with Gasteiger partial charge in [0.2, 0.25) is 0 Å². The molecule has 0 N–H and O–H groups in total. The third kappa shape index (κ3) is 9.60. The minimum Gasteiger partial charge on any atom is -1.00 e. The standard InChI is InChI=1S/C18H40N2.2ClH/c1-5-7-9-11-13-20(14-12-10-8-6-2)17-15-19(3,4)16-18-20;;/h5-18H2,1-4H3;2*1H/q+2;;/p-2. The van der Waals surface area contributed by atoms with Crippen LogP contribution >= 0.6 is 0 Å². The number of halogens is 2. The molecule has 0 radical (unpaired) electrons. The van der Waals surface area contributed by atoms with Crippen molar-refractivity contribution in [3.8, 4) is 0 Å². The quantitative estimate of drug-likeness (QED) is 0.316. The Bertz CT molecular complexity index is 233. The summed E-state index contributed by atoms with van der Waals surface area (Å²) in [6, 6.07) is 0. The van der Waals surface area contributed by atoms with Gasteiger partial charge in [0.25, 0.3) is 0 Å². The van der Waals surface area contributed by atoms with Gasteiger partial charge in [0.15, 0.2) is 0 Å². The van der Waals surface area contributed by atoms with Gasteiger partial charge in [-0.05, 0) is 25.7 Å². The Morgan fingerprint density at radius 1 is 0.591 bits per heavy atom. The zero-order chi connectivity index (χ0) is 14.9. The molecule has 0 amide bonds. The van der Waals surface area contributed by atoms with Gasteiger partial charge in [-0.25, -0.2) is 0 Å². The second kappa shape index (κ2) is 12.9. The number of piperazine rings is 1. The molecule has 1 fully saturated rings. The van der Waals surface area contributed by atoms with Crippen LogP contribution < -0.4 is 24.8 Å². The van der Waals surface area contributed by atoms with Crippen molar-refractivity contribution < 1.29 is 33.8 Å². The predicted octanol–water partition coefficient (Wildman–Crippen LogP) is -1.94. The van der Waals surface area contributed by atoms with E-state index in [4.69, 9.17) is 0 Å². The zero-order valence-corrected chi connectivity index (χ0v) is 17.1. The lowest BCUT2D eigenvalue weighted by atomic mass is 10.1. The average Bonchev–Trinajstić information content (AvgIpc) is 2.43. The van der Waals surface area contributed by atoms with Crippen LogP contribution in [0.15, 0.2) is 0 Å². The van der Waals surface area contributed by atoms with Crippen LogP contribution in [0.1, 0.15) is 65.2 Å². The molecule has 136 valence electrons. The van der Waals surface area contributed by atoms with Crippen molar-refractivity contribution in [2.24, 2.45) is 0 Å². The molecule has 0 saturated carbocycles. The van der Waals surface area contributed by atoms with Gasteiger partial charge in [-0.2, -0.15) is 0 Å². The second-order valence-electron chi connectivity index (χ2n) is 7.74. The highest BCUT2D eigenvalue weighted by Gasteiger charge is 2.36. The molecule has 1 rings (SSSR count). The number of unbranched alkanes of at least 4 members (excludes halogenated alkanes) is 6. The Morgan fingerprint density at radius 3 is 1.36 bits per heavy atom. The van der Waals surface area contributed by atoms with Crippen molar-refractivity contribution in [2.75, 3.05) is 53.4 Å². The second-order valence-corrected chi connectivity index (χ2v) is 7.74. The maximum absolute atomic E-state index is 2.40. The van der Waals surface area contributed by atoms with E-state index in [1.165, 1.54) is 99.6 Å². The molecule has 0 spiro atoms. The molecule has 1 aliphatic heterocycles. The van der Waals surface area contributed by atoms with Gasteiger partial charge in [-0.1, -0.05) is 39.5 Å². The Morgan fingerprint density at radius 2 is 1.00 bits per heavy atom. The smallest absolute Gasteiger partial charge is 0.129 e. The zero-order valence-electron chi connectivity index (χ0n) is 15.5. The van der Waals surface area contributed by atoms with E-state index in [0.717, 1.165) is 0 Å². The summed E-state index contributed by atoms with van der Waals surface area (Å²) in [4.78, 5) is 0. The molecule has 2 nitrogen and oxygen atoms in total. The third-order valence-electron chi connectivity index (χ3n) is 5.33. The Balaban J connectivity index is 0. The molecule has 0 bridgehead atoms. The topological polar surface area (TPSA) is 0 Å². The van der Waals surface area contributed by atoms with Crippen molar-refractivity contribution in [3.63, 3.8) is 0 Å². The molecule has 4 heteroatoms. The van der Waals surface area contributed by atoms with Gasteiger partial charge in [0.1, 0.15) is 26.2 Å². The number of hydrogen-bond donors (Lipinski definition) is 0. The Kier molecular flexibility index (Phi) is 14.5. The fourth-order valence-corrected chi connectivity index (χ4v) is 3.50. The van der Waals surface area contributed by atoms with E-state index in [-0.39, 0.29) is 24.8 Å². The highest BCUT2D eigenvalue weighted by molar-refractivity contribution is 4.54. The monoisotopic (exact) mass is 354 g/mol. The van der Waals surface area contributed by atoms with E-state index < -0.39 is 0 Å². The number of quaternary nitrogens is 2. The molecule has 0 aromatic carbocycles. The number of rotatable bonds is 10. The first-order chi connectivity index (χ1) is 9.54. The van der Waals surface area contributed by atoms with E-state index in [0.29, 0.717) is 0 Å². The SMILES string of the molecule is CCCCCC[N+]1(CCCCCC)CC[N+](C)(C)CC1.[Cl-].[Cl-]. The van der Waals surface area contributed by atoms with Gasteiger partial charge in [-0.3, -0.25) is 0 Å². The molecular weight excluding hydrogens is 315 g/mol. The summed E-state index contributed by atoms with van der Waals surface area (Å²) in [5, 5.41) is 0. The summed E-state index contributed by atoms with van der Waals surface area (Å²) >= 11 is 0. The molecule has 0 atom stereocenters. The number of likely N-dealkylation sites (N-methyl/N-ethyl adjacent to an activating group) is 1. The molecule has 1 aliphatic rings. The molecule has 0 unspecified atom stereocenters. The molecule has 22 heavy (non-hydrogen) atoms. The van der Waals surface area contributed by atoms with E-state index in [2.05, 4.69) is 27.9 Å². The van der Waals surface area contributed by atoms with Crippen molar-refractivity contribution >= 4 is 0 Å². The first-order valence-corrected chi connectivity index (χ1v) is 9.21. The van der Waals surface area contributed by atoms with E-state index in [1.54, 1.807) is 0 Å². The largest absolute Gasteiger partial charge is 1.00 e. The highest BCUT2D eigenvalue weighted by atomic mass is 35.5. The van der Waals surface area contributed by atoms with Gasteiger partial charge >= 0.3 is 0 Å². The number of hydrogen-bond acceptors (Lipinski definition) is 0. The molecular formula is C18H40Cl2N2. The lowest BCUT2D eigenvalue weighted by molar-refractivity contribution is -1.02. The summed E-state index contributed by atoms with van der Waals surface area (Å²) in [6.45, 7) is 13.1. The van der Waals surface area contributed by atoms with E-state index >= 15 is 0 Å². The molecule has 1 heterocycles. The lowest BCUT2D eigenvalue weighted by Crippen LogP contribution is -3.00. The minimum absolute atomic E-state index is 0. The van der Waals surface area contributed by atoms with Crippen LogP contribution in [0.25, 0.3) is 0 Å². The van der Waals surface area contributed by atoms with Crippen LogP contribution in [0, 0.1) is 0 Å². The fourth-order valence-electron chi connectivity index (χ4n) is 3.50. The third-order valence-corrected chi connectivity index (χ3v) is 5.33. The normalized spacial score (nSPS) is 19.1. The fraction of sp³-hybridized carbons (Fsp3) is 1.00. The van der Waals surface area contributed by atoms with Crippen LogP contribution in [0.3, 0.4) is 0 Å². The summed E-state index contributed by atoms with van der Waals surface area (Å²) in [6.07, 6.45) is 11.4. The highest BCUT2D eigenvalue weighted by Crippen LogP contribution is 2.20. The first-order valence-electron chi connectivity index (χ1n) is 9.21. The van der Waals surface area contributed by atoms with Gasteiger partial charge < -0.3 is 33.8 Å².